The number of aliphatic hydroxyl groups excluding tert-OH is 2. The number of rotatable bonds is 13. The van der Waals surface area contributed by atoms with Crippen LogP contribution >= 0.6 is 23.5 Å². The zero-order valence-electron chi connectivity index (χ0n) is 18.6. The van der Waals surface area contributed by atoms with Gasteiger partial charge in [-0.05, 0) is 53.0 Å². The molecule has 178 valence electrons. The number of carboxylic acid groups (broad SMARTS) is 1. The topological polar surface area (TPSA) is 94.8 Å². The third-order valence-electron chi connectivity index (χ3n) is 5.96. The number of aryl methyl sites for hydroxylation is 1. The van der Waals surface area contributed by atoms with Crippen molar-refractivity contribution in [2.75, 3.05) is 23.9 Å². The largest absolute Gasteiger partial charge is 0.481 e. The number of benzene rings is 2. The number of ketones is 1. The van der Waals surface area contributed by atoms with Gasteiger partial charge in [-0.1, -0.05) is 54.6 Å². The van der Waals surface area contributed by atoms with Crippen molar-refractivity contribution < 1.29 is 24.9 Å². The van der Waals surface area contributed by atoms with Crippen molar-refractivity contribution in [2.24, 2.45) is 11.8 Å². The third-order valence-corrected chi connectivity index (χ3v) is 8.45. The van der Waals surface area contributed by atoms with E-state index in [9.17, 15) is 19.8 Å². The summed E-state index contributed by atoms with van der Waals surface area (Å²) in [4.78, 5) is 23.1. The van der Waals surface area contributed by atoms with E-state index in [1.165, 1.54) is 28.1 Å². The molecule has 1 aliphatic rings. The minimum atomic E-state index is -0.811. The van der Waals surface area contributed by atoms with Crippen LogP contribution in [0.1, 0.15) is 24.8 Å². The second-order valence-corrected chi connectivity index (χ2v) is 10.8. The Balaban J connectivity index is 1.50. The number of carbonyl (C=O) groups excluding carboxylic acids is 1. The number of aliphatic hydroxyl groups is 2. The number of carboxylic acids is 1. The van der Waals surface area contributed by atoms with Gasteiger partial charge in [-0.3, -0.25) is 9.59 Å². The number of hydrogen-bond donors (Lipinski definition) is 3. The van der Waals surface area contributed by atoms with Gasteiger partial charge in [-0.15, -0.1) is 11.8 Å². The molecule has 1 fully saturated rings. The van der Waals surface area contributed by atoms with Gasteiger partial charge in [0.25, 0.3) is 0 Å². The van der Waals surface area contributed by atoms with Crippen LogP contribution in [0.15, 0.2) is 54.6 Å². The van der Waals surface area contributed by atoms with Crippen LogP contribution in [0.5, 0.6) is 0 Å². The molecule has 2 aromatic rings. The van der Waals surface area contributed by atoms with E-state index in [1.807, 2.05) is 18.2 Å². The average Bonchev–Trinajstić information content (AvgIpc) is 3.12. The maximum absolute atomic E-state index is 12.5. The quantitative estimate of drug-likeness (QED) is 0.287. The van der Waals surface area contributed by atoms with Crippen LogP contribution in [-0.2, 0) is 16.0 Å². The molecule has 7 heteroatoms. The molecule has 4 atom stereocenters. The first-order chi connectivity index (χ1) is 16.0. The van der Waals surface area contributed by atoms with Crippen molar-refractivity contribution in [1.29, 1.82) is 0 Å². The second kappa shape index (κ2) is 13.2. The number of aliphatic carboxylic acids is 1. The van der Waals surface area contributed by atoms with E-state index in [1.54, 1.807) is 17.8 Å². The lowest BCUT2D eigenvalue weighted by molar-refractivity contribution is -0.133. The Labute approximate surface area is 203 Å². The van der Waals surface area contributed by atoms with E-state index in [0.717, 1.165) is 24.3 Å². The number of hydrogen-bond acceptors (Lipinski definition) is 6. The standard InChI is InChI=1S/C26H32O5S2/c27-16-21-15-24(29)26(33-13-3-12-32-17-25(30)31)23(21)11-10-22(28)9-7-18-6-8-19-4-1-2-5-20(19)14-18/h1-2,4-6,8,10-11,14,21-23,26-28H,3,7,9,12-13,15-17H2,(H,30,31)/b11-10+/t21-,22?,23-,26+/m0/s1. The molecule has 0 spiro atoms. The molecule has 0 bridgehead atoms. The highest BCUT2D eigenvalue weighted by molar-refractivity contribution is 8.01. The fourth-order valence-corrected chi connectivity index (χ4v) is 6.45. The van der Waals surface area contributed by atoms with Crippen LogP contribution in [0.25, 0.3) is 10.8 Å². The molecule has 0 aliphatic heterocycles. The summed E-state index contributed by atoms with van der Waals surface area (Å²) in [6.45, 7) is -0.0422. The van der Waals surface area contributed by atoms with Crippen molar-refractivity contribution in [1.82, 2.24) is 0 Å². The molecule has 3 N–H and O–H groups in total. The number of Topliss-reactive ketones (excluding diaryl/α,β-unsaturated/α-hetero) is 1. The summed E-state index contributed by atoms with van der Waals surface area (Å²) in [6.07, 6.45) is 5.65. The van der Waals surface area contributed by atoms with Gasteiger partial charge in [0.05, 0.1) is 17.1 Å². The molecule has 0 aromatic heterocycles. The summed E-state index contributed by atoms with van der Waals surface area (Å²) in [5, 5.41) is 31.1. The van der Waals surface area contributed by atoms with Crippen molar-refractivity contribution in [3.63, 3.8) is 0 Å². The first-order valence-corrected chi connectivity index (χ1v) is 13.6. The number of thioether (sulfide) groups is 2. The van der Waals surface area contributed by atoms with Crippen LogP contribution in [0.3, 0.4) is 0 Å². The SMILES string of the molecule is O=C(O)CSCCCS[C@H]1C(=O)C[C@@H](CO)[C@@H]1/C=C/C(O)CCc1ccc2ccccc2c1. The van der Waals surface area contributed by atoms with E-state index in [0.29, 0.717) is 12.8 Å². The third kappa shape index (κ3) is 7.88. The zero-order valence-corrected chi connectivity index (χ0v) is 20.3. The molecule has 0 radical (unpaired) electrons. The molecule has 0 heterocycles. The molecule has 33 heavy (non-hydrogen) atoms. The number of fused-ring (bicyclic) bond motifs is 1. The molecule has 1 saturated carbocycles. The average molecular weight is 489 g/mol. The summed E-state index contributed by atoms with van der Waals surface area (Å²) in [5.74, 6) is 0.761. The summed E-state index contributed by atoms with van der Waals surface area (Å²) < 4.78 is 0. The predicted molar refractivity (Wildman–Crippen MR) is 137 cm³/mol. The molecule has 3 rings (SSSR count). The van der Waals surface area contributed by atoms with Crippen molar-refractivity contribution >= 4 is 46.0 Å². The first-order valence-electron chi connectivity index (χ1n) is 11.4. The lowest BCUT2D eigenvalue weighted by Gasteiger charge is -2.19. The highest BCUT2D eigenvalue weighted by atomic mass is 32.2. The predicted octanol–water partition coefficient (Wildman–Crippen LogP) is 4.20. The Bertz CT molecular complexity index is 961. The maximum Gasteiger partial charge on any atom is 0.313 e. The van der Waals surface area contributed by atoms with Gasteiger partial charge < -0.3 is 15.3 Å². The number of carbonyl (C=O) groups is 2. The maximum atomic E-state index is 12.5. The molecular weight excluding hydrogens is 456 g/mol. The second-order valence-electron chi connectivity index (χ2n) is 8.45. The Morgan fingerprint density at radius 2 is 1.94 bits per heavy atom. The van der Waals surface area contributed by atoms with Crippen LogP contribution in [0.2, 0.25) is 0 Å². The monoisotopic (exact) mass is 488 g/mol. The Morgan fingerprint density at radius 3 is 2.70 bits per heavy atom. The highest BCUT2D eigenvalue weighted by Gasteiger charge is 2.40. The van der Waals surface area contributed by atoms with Gasteiger partial charge in [0.2, 0.25) is 0 Å². The highest BCUT2D eigenvalue weighted by Crippen LogP contribution is 2.38. The molecular formula is C26H32O5S2. The summed E-state index contributed by atoms with van der Waals surface area (Å²) in [5.41, 5.74) is 1.18. The van der Waals surface area contributed by atoms with E-state index in [4.69, 9.17) is 5.11 Å². The van der Waals surface area contributed by atoms with E-state index >= 15 is 0 Å². The van der Waals surface area contributed by atoms with Crippen molar-refractivity contribution in [3.8, 4) is 0 Å². The Kier molecular flexibility index (Phi) is 10.3. The van der Waals surface area contributed by atoms with Gasteiger partial charge in [0, 0.05) is 18.9 Å². The molecule has 2 aromatic carbocycles. The number of allylic oxidation sites excluding steroid dienone is 1. The fourth-order valence-electron chi connectivity index (χ4n) is 4.21. The molecule has 1 unspecified atom stereocenters. The van der Waals surface area contributed by atoms with Gasteiger partial charge >= 0.3 is 5.97 Å². The van der Waals surface area contributed by atoms with Gasteiger partial charge in [-0.2, -0.15) is 11.8 Å². The Morgan fingerprint density at radius 1 is 1.15 bits per heavy atom. The van der Waals surface area contributed by atoms with E-state index in [-0.39, 0.29) is 35.2 Å². The molecule has 5 nitrogen and oxygen atoms in total. The van der Waals surface area contributed by atoms with Gasteiger partial charge in [0.15, 0.2) is 0 Å². The van der Waals surface area contributed by atoms with Crippen molar-refractivity contribution in [2.45, 2.75) is 37.0 Å². The summed E-state index contributed by atoms with van der Waals surface area (Å²) in [6, 6.07) is 14.6. The molecule has 0 saturated heterocycles. The van der Waals surface area contributed by atoms with E-state index < -0.39 is 12.1 Å². The normalized spacial score (nSPS) is 21.8. The van der Waals surface area contributed by atoms with Gasteiger partial charge in [-0.25, -0.2) is 0 Å². The smallest absolute Gasteiger partial charge is 0.313 e. The van der Waals surface area contributed by atoms with Gasteiger partial charge in [0.1, 0.15) is 5.78 Å². The van der Waals surface area contributed by atoms with Crippen LogP contribution < -0.4 is 0 Å². The summed E-state index contributed by atoms with van der Waals surface area (Å²) in [7, 11) is 0. The zero-order chi connectivity index (χ0) is 23.6. The minimum absolute atomic E-state index is 0.0422. The lowest BCUT2D eigenvalue weighted by Crippen LogP contribution is -2.21. The van der Waals surface area contributed by atoms with Crippen LogP contribution in [0.4, 0.5) is 0 Å². The Hall–Kier alpha value is -1.80. The minimum Gasteiger partial charge on any atom is -0.481 e. The summed E-state index contributed by atoms with van der Waals surface area (Å²) >= 11 is 2.97. The molecule has 1 aliphatic carbocycles. The fraction of sp³-hybridized carbons (Fsp3) is 0.462. The van der Waals surface area contributed by atoms with Crippen LogP contribution in [-0.4, -0.2) is 62.3 Å². The lowest BCUT2D eigenvalue weighted by atomic mass is 9.95. The molecule has 0 amide bonds. The van der Waals surface area contributed by atoms with Crippen LogP contribution in [0, 0.1) is 11.8 Å². The van der Waals surface area contributed by atoms with Crippen molar-refractivity contribution in [3.05, 3.63) is 60.2 Å². The first kappa shape index (κ1) is 25.8. The van der Waals surface area contributed by atoms with E-state index in [2.05, 4.69) is 30.3 Å².